The first-order valence-electron chi connectivity index (χ1n) is 29.3. The molecule has 2 atom stereocenters. The molecule has 388 valence electrons. The normalized spacial score (nSPS) is 12.8. The summed E-state index contributed by atoms with van der Waals surface area (Å²) in [5.41, 5.74) is 0. The van der Waals surface area contributed by atoms with Gasteiger partial charge in [-0.05, 0) is 83.5 Å². The zero-order valence-electron chi connectivity index (χ0n) is 44.2. The van der Waals surface area contributed by atoms with E-state index in [9.17, 15) is 19.8 Å². The molecule has 0 aromatic rings. The largest absolute Gasteiger partial charge is 0.466 e. The van der Waals surface area contributed by atoms with Gasteiger partial charge in [0.15, 0.2) is 0 Å². The second-order valence-corrected chi connectivity index (χ2v) is 20.0. The van der Waals surface area contributed by atoms with Crippen molar-refractivity contribution < 1.29 is 24.5 Å². The predicted octanol–water partition coefficient (Wildman–Crippen LogP) is 18.0. The molecular weight excluding hydrogens is 815 g/mol. The summed E-state index contributed by atoms with van der Waals surface area (Å²) in [6.45, 7) is 4.88. The van der Waals surface area contributed by atoms with Crippen molar-refractivity contribution >= 4 is 11.9 Å². The summed E-state index contributed by atoms with van der Waals surface area (Å²) in [5, 5.41) is 23.1. The molecule has 0 spiro atoms. The Balaban J connectivity index is 3.47. The summed E-state index contributed by atoms with van der Waals surface area (Å²) in [6.07, 6.45) is 68.8. The standard InChI is InChI=1S/C60H113NO5/c1-3-5-7-9-11-13-15-17-18-25-29-32-36-40-44-48-52-58(63)57(56-62)61-59(64)53-49-45-41-37-33-30-26-23-21-19-20-22-24-27-31-35-39-43-47-51-55-66-60(65)54-50-46-42-38-34-28-16-14-12-10-8-6-4-2/h14,16,19,21,48,52,57-58,62-63H,3-13,15,17-18,20,22-47,49-51,53-56H2,1-2H3,(H,61,64)/b16-14-,21-19-,52-48+. The van der Waals surface area contributed by atoms with Crippen LogP contribution in [0.5, 0.6) is 0 Å². The number of rotatable bonds is 54. The van der Waals surface area contributed by atoms with E-state index in [1.807, 2.05) is 6.08 Å². The molecule has 0 rings (SSSR count). The van der Waals surface area contributed by atoms with E-state index in [-0.39, 0.29) is 18.5 Å². The van der Waals surface area contributed by atoms with E-state index in [0.29, 0.717) is 19.4 Å². The molecule has 2 unspecified atom stereocenters. The van der Waals surface area contributed by atoms with Gasteiger partial charge in [-0.25, -0.2) is 0 Å². The molecule has 0 heterocycles. The van der Waals surface area contributed by atoms with Gasteiger partial charge >= 0.3 is 5.97 Å². The Labute approximate surface area is 411 Å². The summed E-state index contributed by atoms with van der Waals surface area (Å²) in [7, 11) is 0. The summed E-state index contributed by atoms with van der Waals surface area (Å²) in [6, 6.07) is -0.634. The molecule has 6 nitrogen and oxygen atoms in total. The van der Waals surface area contributed by atoms with Crippen LogP contribution in [0.1, 0.15) is 309 Å². The van der Waals surface area contributed by atoms with Crippen LogP contribution >= 0.6 is 0 Å². The van der Waals surface area contributed by atoms with Gasteiger partial charge < -0.3 is 20.3 Å². The third-order valence-corrected chi connectivity index (χ3v) is 13.4. The Morgan fingerprint density at radius 3 is 1.09 bits per heavy atom. The van der Waals surface area contributed by atoms with E-state index in [1.165, 1.54) is 231 Å². The average Bonchev–Trinajstić information content (AvgIpc) is 3.32. The number of hydrogen-bond acceptors (Lipinski definition) is 5. The zero-order chi connectivity index (χ0) is 47.9. The Hall–Kier alpha value is -1.92. The molecule has 0 aliphatic rings. The van der Waals surface area contributed by atoms with Gasteiger partial charge in [-0.1, -0.05) is 249 Å². The average molecular weight is 929 g/mol. The van der Waals surface area contributed by atoms with Crippen LogP contribution in [-0.4, -0.2) is 47.4 Å². The maximum atomic E-state index is 12.5. The molecule has 0 radical (unpaired) electrons. The summed E-state index contributed by atoms with van der Waals surface area (Å²) >= 11 is 0. The third kappa shape index (κ3) is 51.5. The number of carbonyl (C=O) groups excluding carboxylic acids is 2. The van der Waals surface area contributed by atoms with Crippen molar-refractivity contribution in [3.8, 4) is 0 Å². The minimum absolute atomic E-state index is 0.00394. The number of hydrogen-bond donors (Lipinski definition) is 3. The quantitative estimate of drug-likeness (QED) is 0.0321. The summed E-state index contributed by atoms with van der Waals surface area (Å²) in [5.74, 6) is -0.0798. The second kappa shape index (κ2) is 55.7. The number of carbonyl (C=O) groups is 2. The number of ether oxygens (including phenoxy) is 1. The Bertz CT molecular complexity index is 1070. The zero-order valence-corrected chi connectivity index (χ0v) is 44.2. The van der Waals surface area contributed by atoms with Crippen LogP contribution in [0, 0.1) is 0 Å². The number of unbranched alkanes of at least 4 members (excludes halogenated alkanes) is 39. The maximum Gasteiger partial charge on any atom is 0.305 e. The van der Waals surface area contributed by atoms with Crippen molar-refractivity contribution in [2.75, 3.05) is 13.2 Å². The Kier molecular flexibility index (Phi) is 54.1. The minimum atomic E-state index is -0.850. The molecular formula is C60H113NO5. The van der Waals surface area contributed by atoms with Gasteiger partial charge in [0, 0.05) is 12.8 Å². The molecule has 0 aliphatic heterocycles. The van der Waals surface area contributed by atoms with Gasteiger partial charge in [0.1, 0.15) is 0 Å². The number of nitrogens with one attached hydrogen (secondary N) is 1. The van der Waals surface area contributed by atoms with Crippen LogP contribution in [-0.2, 0) is 14.3 Å². The maximum absolute atomic E-state index is 12.5. The Morgan fingerprint density at radius 2 is 0.712 bits per heavy atom. The highest BCUT2D eigenvalue weighted by atomic mass is 16.5. The molecule has 0 saturated heterocycles. The van der Waals surface area contributed by atoms with Crippen LogP contribution < -0.4 is 5.32 Å². The van der Waals surface area contributed by atoms with E-state index < -0.39 is 12.1 Å². The van der Waals surface area contributed by atoms with Crippen LogP contribution in [0.3, 0.4) is 0 Å². The smallest absolute Gasteiger partial charge is 0.305 e. The number of allylic oxidation sites excluding steroid dienone is 5. The first-order chi connectivity index (χ1) is 32.5. The van der Waals surface area contributed by atoms with Gasteiger partial charge in [0.2, 0.25) is 5.91 Å². The first-order valence-corrected chi connectivity index (χ1v) is 29.3. The van der Waals surface area contributed by atoms with Crippen LogP contribution in [0.15, 0.2) is 36.5 Å². The summed E-state index contributed by atoms with van der Waals surface area (Å²) < 4.78 is 5.46. The molecule has 0 fully saturated rings. The first kappa shape index (κ1) is 64.1. The lowest BCUT2D eigenvalue weighted by atomic mass is 10.0. The molecule has 0 saturated carbocycles. The van der Waals surface area contributed by atoms with Crippen molar-refractivity contribution in [1.29, 1.82) is 0 Å². The molecule has 6 heteroatoms. The van der Waals surface area contributed by atoms with Crippen LogP contribution in [0.25, 0.3) is 0 Å². The van der Waals surface area contributed by atoms with Gasteiger partial charge in [-0.15, -0.1) is 0 Å². The van der Waals surface area contributed by atoms with Gasteiger partial charge in [0.05, 0.1) is 25.4 Å². The monoisotopic (exact) mass is 928 g/mol. The fourth-order valence-electron chi connectivity index (χ4n) is 8.86. The lowest BCUT2D eigenvalue weighted by molar-refractivity contribution is -0.143. The molecule has 0 aromatic carbocycles. The van der Waals surface area contributed by atoms with E-state index in [2.05, 4.69) is 43.5 Å². The second-order valence-electron chi connectivity index (χ2n) is 20.0. The predicted molar refractivity (Wildman–Crippen MR) is 287 cm³/mol. The van der Waals surface area contributed by atoms with Crippen molar-refractivity contribution in [3.05, 3.63) is 36.5 Å². The van der Waals surface area contributed by atoms with E-state index in [1.54, 1.807) is 6.08 Å². The lowest BCUT2D eigenvalue weighted by Crippen LogP contribution is -2.45. The molecule has 1 amide bonds. The fourth-order valence-corrected chi connectivity index (χ4v) is 8.86. The number of aliphatic hydroxyl groups excluding tert-OH is 2. The van der Waals surface area contributed by atoms with Crippen LogP contribution in [0.4, 0.5) is 0 Å². The van der Waals surface area contributed by atoms with Crippen molar-refractivity contribution in [2.45, 2.75) is 321 Å². The van der Waals surface area contributed by atoms with Crippen molar-refractivity contribution in [3.63, 3.8) is 0 Å². The molecule has 0 bridgehead atoms. The number of aliphatic hydroxyl groups is 2. The highest BCUT2D eigenvalue weighted by molar-refractivity contribution is 5.76. The highest BCUT2D eigenvalue weighted by Gasteiger charge is 2.18. The lowest BCUT2D eigenvalue weighted by Gasteiger charge is -2.20. The van der Waals surface area contributed by atoms with Crippen LogP contribution in [0.2, 0.25) is 0 Å². The number of amides is 1. The van der Waals surface area contributed by atoms with E-state index >= 15 is 0 Å². The molecule has 3 N–H and O–H groups in total. The van der Waals surface area contributed by atoms with Crippen molar-refractivity contribution in [1.82, 2.24) is 5.32 Å². The summed E-state index contributed by atoms with van der Waals surface area (Å²) in [4.78, 5) is 24.5. The fraction of sp³-hybridized carbons (Fsp3) is 0.867. The molecule has 0 aliphatic carbocycles. The van der Waals surface area contributed by atoms with Gasteiger partial charge in [-0.2, -0.15) is 0 Å². The molecule has 0 aromatic heterocycles. The van der Waals surface area contributed by atoms with E-state index in [0.717, 1.165) is 51.4 Å². The van der Waals surface area contributed by atoms with Gasteiger partial charge in [-0.3, -0.25) is 9.59 Å². The van der Waals surface area contributed by atoms with Gasteiger partial charge in [0.25, 0.3) is 0 Å². The van der Waals surface area contributed by atoms with Crippen molar-refractivity contribution in [2.24, 2.45) is 0 Å². The number of esters is 1. The highest BCUT2D eigenvalue weighted by Crippen LogP contribution is 2.16. The Morgan fingerprint density at radius 1 is 0.409 bits per heavy atom. The minimum Gasteiger partial charge on any atom is -0.466 e. The molecule has 66 heavy (non-hydrogen) atoms. The SMILES string of the molecule is CCCCCC/C=C\CCCCCCCC(=O)OCCCCCCCCCCC/C=C\CCCCCCCCCC(=O)NC(CO)C(O)/C=C/CCCCCCCCCCCCCCCC. The topological polar surface area (TPSA) is 95.9 Å². The third-order valence-electron chi connectivity index (χ3n) is 13.4. The van der Waals surface area contributed by atoms with E-state index in [4.69, 9.17) is 4.74 Å².